The van der Waals surface area contributed by atoms with E-state index in [1.807, 2.05) is 0 Å². The van der Waals surface area contributed by atoms with E-state index in [0.29, 0.717) is 5.69 Å². The number of nitrogens with two attached hydrogens (primary N) is 1. The van der Waals surface area contributed by atoms with Crippen LogP contribution in [0, 0.1) is 0 Å². The number of ketones is 1. The third-order valence-electron chi connectivity index (χ3n) is 2.72. The first-order chi connectivity index (χ1) is 8.90. The van der Waals surface area contributed by atoms with Crippen LogP contribution in [-0.2, 0) is 14.8 Å². The number of carbonyl (C=O) groups excluding carboxylic acids is 1. The molecule has 0 bridgehead atoms. The van der Waals surface area contributed by atoms with Crippen LogP contribution in [-0.4, -0.2) is 25.5 Å². The van der Waals surface area contributed by atoms with Crippen LogP contribution in [0.1, 0.15) is 6.92 Å². The van der Waals surface area contributed by atoms with Gasteiger partial charge >= 0.3 is 0 Å². The van der Waals surface area contributed by atoms with E-state index in [1.165, 1.54) is 43.0 Å². The Hall–Kier alpha value is -1.31. The number of anilines is 1. The summed E-state index contributed by atoms with van der Waals surface area (Å²) in [6, 6.07) is 5.41. The van der Waals surface area contributed by atoms with Crippen LogP contribution in [0.4, 0.5) is 5.69 Å². The van der Waals surface area contributed by atoms with E-state index >= 15 is 0 Å². The molecule has 19 heavy (non-hydrogen) atoms. The lowest BCUT2D eigenvalue weighted by atomic mass is 10.1. The number of nitrogen functional groups attached to an aromatic ring is 1. The minimum Gasteiger partial charge on any atom is -0.399 e. The molecule has 0 saturated carbocycles. The van der Waals surface area contributed by atoms with Crippen LogP contribution in [0.25, 0.3) is 0 Å². The van der Waals surface area contributed by atoms with Crippen molar-refractivity contribution in [2.75, 3.05) is 5.73 Å². The van der Waals surface area contributed by atoms with Gasteiger partial charge in [-0.1, -0.05) is 6.08 Å². The predicted molar refractivity (Wildman–Crippen MR) is 76.2 cm³/mol. The maximum atomic E-state index is 12.2. The third-order valence-corrected chi connectivity index (χ3v) is 5.43. The standard InChI is InChI=1S/C12H14N2O3S2/c1-8(15)12-11(6-7-18-12)14-19(16,17)10-4-2-9(13)3-5-10/h2-7,11-12,14H,13H2,1H3. The van der Waals surface area contributed by atoms with Crippen LogP contribution in [0.2, 0.25) is 0 Å². The molecule has 3 N–H and O–H groups in total. The fraction of sp³-hybridized carbons (Fsp3) is 0.250. The molecule has 0 spiro atoms. The highest BCUT2D eigenvalue weighted by Gasteiger charge is 2.31. The molecule has 102 valence electrons. The van der Waals surface area contributed by atoms with Crippen molar-refractivity contribution in [2.45, 2.75) is 23.1 Å². The number of rotatable bonds is 4. The van der Waals surface area contributed by atoms with Crippen molar-refractivity contribution in [3.05, 3.63) is 35.7 Å². The Morgan fingerprint density at radius 1 is 1.32 bits per heavy atom. The van der Waals surface area contributed by atoms with Gasteiger partial charge in [0.25, 0.3) is 0 Å². The molecule has 1 aliphatic heterocycles. The number of nitrogens with one attached hydrogen (secondary N) is 1. The minimum absolute atomic E-state index is 0.0555. The molecule has 1 aromatic rings. The SMILES string of the molecule is CC(=O)C1SC=CC1NS(=O)(=O)c1ccc(N)cc1. The molecule has 2 atom stereocenters. The largest absolute Gasteiger partial charge is 0.399 e. The van der Waals surface area contributed by atoms with Crippen LogP contribution < -0.4 is 10.5 Å². The van der Waals surface area contributed by atoms with Crippen molar-refractivity contribution < 1.29 is 13.2 Å². The fourth-order valence-corrected chi connectivity index (χ4v) is 3.98. The average Bonchev–Trinajstić information content (AvgIpc) is 2.77. The maximum absolute atomic E-state index is 12.2. The fourth-order valence-electron chi connectivity index (χ4n) is 1.74. The molecule has 7 heteroatoms. The van der Waals surface area contributed by atoms with Crippen LogP contribution in [0.5, 0.6) is 0 Å². The number of thioether (sulfide) groups is 1. The smallest absolute Gasteiger partial charge is 0.241 e. The second kappa shape index (κ2) is 5.36. The highest BCUT2D eigenvalue weighted by Crippen LogP contribution is 2.26. The van der Waals surface area contributed by atoms with E-state index in [9.17, 15) is 13.2 Å². The van der Waals surface area contributed by atoms with Crippen molar-refractivity contribution in [1.29, 1.82) is 0 Å². The number of benzene rings is 1. The number of hydrogen-bond donors (Lipinski definition) is 2. The average molecular weight is 298 g/mol. The van der Waals surface area contributed by atoms with Gasteiger partial charge in [-0.2, -0.15) is 0 Å². The van der Waals surface area contributed by atoms with Gasteiger partial charge in [0.05, 0.1) is 16.2 Å². The lowest BCUT2D eigenvalue weighted by molar-refractivity contribution is -0.116. The Labute approximate surface area is 116 Å². The van der Waals surface area contributed by atoms with Crippen LogP contribution in [0.3, 0.4) is 0 Å². The number of Topliss-reactive ketones (excluding diaryl/α,β-unsaturated/α-hetero) is 1. The Morgan fingerprint density at radius 3 is 2.53 bits per heavy atom. The quantitative estimate of drug-likeness (QED) is 0.814. The van der Waals surface area contributed by atoms with E-state index in [1.54, 1.807) is 11.5 Å². The summed E-state index contributed by atoms with van der Waals surface area (Å²) in [7, 11) is -3.65. The number of carbonyl (C=O) groups is 1. The summed E-state index contributed by atoms with van der Waals surface area (Å²) in [5, 5.41) is 1.34. The molecule has 0 aliphatic carbocycles. The Balaban J connectivity index is 2.20. The first-order valence-corrected chi connectivity index (χ1v) is 8.03. The second-order valence-electron chi connectivity index (χ2n) is 4.21. The molecular weight excluding hydrogens is 284 g/mol. The predicted octanol–water partition coefficient (Wildman–Crippen LogP) is 1.13. The zero-order valence-electron chi connectivity index (χ0n) is 10.2. The van der Waals surface area contributed by atoms with Crippen LogP contribution in [0.15, 0.2) is 40.6 Å². The minimum atomic E-state index is -3.65. The van der Waals surface area contributed by atoms with Crippen LogP contribution >= 0.6 is 11.8 Å². The van der Waals surface area contributed by atoms with Crippen molar-refractivity contribution in [3.63, 3.8) is 0 Å². The molecule has 0 amide bonds. The van der Waals surface area contributed by atoms with Gasteiger partial charge in [-0.15, -0.1) is 11.8 Å². The summed E-state index contributed by atoms with van der Waals surface area (Å²) in [5.41, 5.74) is 6.02. The Morgan fingerprint density at radius 2 is 1.95 bits per heavy atom. The van der Waals surface area contributed by atoms with E-state index in [4.69, 9.17) is 5.73 Å². The molecule has 0 radical (unpaired) electrons. The Bertz CT molecular complexity index is 608. The van der Waals surface area contributed by atoms with Crippen molar-refractivity contribution in [3.8, 4) is 0 Å². The highest BCUT2D eigenvalue weighted by molar-refractivity contribution is 8.03. The van der Waals surface area contributed by atoms with Crippen molar-refractivity contribution in [1.82, 2.24) is 4.72 Å². The van der Waals surface area contributed by atoms with Gasteiger partial charge in [0, 0.05) is 5.69 Å². The maximum Gasteiger partial charge on any atom is 0.241 e. The third kappa shape index (κ3) is 3.17. The lowest BCUT2D eigenvalue weighted by Crippen LogP contribution is -2.41. The summed E-state index contributed by atoms with van der Waals surface area (Å²) in [6.45, 7) is 1.45. The molecule has 1 aliphatic rings. The molecule has 0 saturated heterocycles. The summed E-state index contributed by atoms with van der Waals surface area (Å²) >= 11 is 1.32. The van der Waals surface area contributed by atoms with Gasteiger partial charge in [-0.05, 0) is 36.6 Å². The van der Waals surface area contributed by atoms with E-state index < -0.39 is 21.3 Å². The molecule has 0 aromatic heterocycles. The van der Waals surface area contributed by atoms with Gasteiger partial charge in [0.1, 0.15) is 5.78 Å². The number of hydrogen-bond acceptors (Lipinski definition) is 5. The van der Waals surface area contributed by atoms with E-state index in [2.05, 4.69) is 4.72 Å². The molecule has 0 fully saturated rings. The van der Waals surface area contributed by atoms with Gasteiger partial charge in [0.15, 0.2) is 0 Å². The summed E-state index contributed by atoms with van der Waals surface area (Å²) in [5.74, 6) is -0.0555. The highest BCUT2D eigenvalue weighted by atomic mass is 32.2. The zero-order chi connectivity index (χ0) is 14.0. The van der Waals surface area contributed by atoms with Gasteiger partial charge in [-0.25, -0.2) is 13.1 Å². The molecule has 2 rings (SSSR count). The van der Waals surface area contributed by atoms with Crippen molar-refractivity contribution >= 4 is 33.3 Å². The lowest BCUT2D eigenvalue weighted by Gasteiger charge is -2.17. The Kier molecular flexibility index (Phi) is 3.98. The summed E-state index contributed by atoms with van der Waals surface area (Å²) in [6.07, 6.45) is 1.69. The normalized spacial score (nSPS) is 22.6. The molecule has 5 nitrogen and oxygen atoms in total. The number of sulfonamides is 1. The molecular formula is C12H14N2O3S2. The molecule has 1 aromatic carbocycles. The van der Waals surface area contributed by atoms with Crippen molar-refractivity contribution in [2.24, 2.45) is 0 Å². The topological polar surface area (TPSA) is 89.3 Å². The van der Waals surface area contributed by atoms with Gasteiger partial charge in [0.2, 0.25) is 10.0 Å². The summed E-state index contributed by atoms with van der Waals surface area (Å²) in [4.78, 5) is 11.5. The van der Waals surface area contributed by atoms with E-state index in [0.717, 1.165) is 0 Å². The van der Waals surface area contributed by atoms with Gasteiger partial charge in [-0.3, -0.25) is 4.79 Å². The molecule has 1 heterocycles. The summed E-state index contributed by atoms with van der Waals surface area (Å²) < 4.78 is 26.8. The zero-order valence-corrected chi connectivity index (χ0v) is 11.9. The monoisotopic (exact) mass is 298 g/mol. The molecule has 2 unspecified atom stereocenters. The first-order valence-electron chi connectivity index (χ1n) is 5.60. The first kappa shape index (κ1) is 14.1. The second-order valence-corrected chi connectivity index (χ2v) is 6.98. The van der Waals surface area contributed by atoms with E-state index in [-0.39, 0.29) is 10.7 Å². The van der Waals surface area contributed by atoms with Gasteiger partial charge < -0.3 is 5.73 Å².